The van der Waals surface area contributed by atoms with Crippen LogP contribution in [0.4, 0.5) is 10.1 Å². The minimum atomic E-state index is -0.433. The molecule has 3 N–H and O–H groups in total. The molecule has 0 unspecified atom stereocenters. The van der Waals surface area contributed by atoms with E-state index < -0.39 is 5.82 Å². The van der Waals surface area contributed by atoms with E-state index in [1.165, 1.54) is 12.1 Å². The third-order valence-corrected chi connectivity index (χ3v) is 1.66. The summed E-state index contributed by atoms with van der Waals surface area (Å²) in [5.74, 6) is -0.433. The van der Waals surface area contributed by atoms with E-state index in [9.17, 15) is 4.39 Å². The highest BCUT2D eigenvalue weighted by molar-refractivity contribution is 6.31. The van der Waals surface area contributed by atoms with Crippen molar-refractivity contribution in [2.75, 3.05) is 0 Å². The maximum Gasteiger partial charge on any atom is 0.163 e. The number of benzene rings is 1. The van der Waals surface area contributed by atoms with Gasteiger partial charge in [-0.1, -0.05) is 11.6 Å². The number of hydrogen-bond donors (Lipinski definition) is 2. The van der Waals surface area contributed by atoms with Gasteiger partial charge in [0.25, 0.3) is 0 Å². The largest absolute Gasteiger partial charge is 0.215 e. The Morgan fingerprint density at radius 1 is 1.55 bits per heavy atom. The second kappa shape index (κ2) is 3.17. The molecule has 0 aromatic heterocycles. The summed E-state index contributed by atoms with van der Waals surface area (Å²) in [6, 6.07) is 2.88. The van der Waals surface area contributed by atoms with Crippen molar-refractivity contribution < 1.29 is 15.1 Å². The predicted octanol–water partition coefficient (Wildman–Crippen LogP) is 1.37. The quantitative estimate of drug-likeness (QED) is 0.492. The number of nitrogens with two attached hydrogens (primary N) is 1. The molecular weight excluding hydrogens is 169 g/mol. The Balaban J connectivity index is 3.21. The van der Waals surface area contributed by atoms with Crippen LogP contribution in [-0.4, -0.2) is 5.21 Å². The van der Waals surface area contributed by atoms with Crippen molar-refractivity contribution in [1.29, 1.82) is 0 Å². The van der Waals surface area contributed by atoms with Crippen LogP contribution < -0.4 is 5.48 Å². The molecule has 0 aliphatic heterocycles. The smallest absolute Gasteiger partial charge is 0.163 e. The van der Waals surface area contributed by atoms with E-state index in [-0.39, 0.29) is 5.02 Å². The number of hydrogen-bond acceptors (Lipinski definition) is 1. The fraction of sp³-hybridized carbons (Fsp3) is 0.143. The Bertz CT molecular complexity index is 254. The Labute approximate surface area is 68.6 Å². The van der Waals surface area contributed by atoms with E-state index in [0.717, 1.165) is 5.48 Å². The second-order valence-electron chi connectivity index (χ2n) is 2.26. The van der Waals surface area contributed by atoms with Crippen LogP contribution in [0.2, 0.25) is 5.02 Å². The van der Waals surface area contributed by atoms with Gasteiger partial charge >= 0.3 is 0 Å². The normalized spacial score (nSPS) is 10.2. The average molecular weight is 177 g/mol. The maximum atomic E-state index is 12.8. The number of halogens is 2. The van der Waals surface area contributed by atoms with Crippen LogP contribution in [0.15, 0.2) is 12.1 Å². The summed E-state index contributed by atoms with van der Waals surface area (Å²) in [7, 11) is 0. The van der Waals surface area contributed by atoms with Crippen LogP contribution in [0.25, 0.3) is 0 Å². The fourth-order valence-electron chi connectivity index (χ4n) is 0.828. The Morgan fingerprint density at radius 2 is 2.18 bits per heavy atom. The van der Waals surface area contributed by atoms with Crippen LogP contribution >= 0.6 is 11.6 Å². The maximum absolute atomic E-state index is 12.8. The van der Waals surface area contributed by atoms with Crippen LogP contribution in [0.1, 0.15) is 5.56 Å². The second-order valence-corrected chi connectivity index (χ2v) is 2.67. The molecule has 0 saturated carbocycles. The first-order valence-corrected chi connectivity index (χ1v) is 3.46. The highest BCUT2D eigenvalue weighted by atomic mass is 35.5. The van der Waals surface area contributed by atoms with Crippen LogP contribution in [0.3, 0.4) is 0 Å². The van der Waals surface area contributed by atoms with Gasteiger partial charge in [0.2, 0.25) is 0 Å². The molecule has 0 spiro atoms. The molecule has 4 heteroatoms. The van der Waals surface area contributed by atoms with Gasteiger partial charge in [-0.3, -0.25) is 0 Å². The Morgan fingerprint density at radius 3 is 2.64 bits per heavy atom. The predicted molar refractivity (Wildman–Crippen MR) is 39.5 cm³/mol. The highest BCUT2D eigenvalue weighted by Gasteiger charge is 2.06. The van der Waals surface area contributed by atoms with Crippen molar-refractivity contribution in [3.05, 3.63) is 28.5 Å². The molecule has 1 aromatic rings. The minimum Gasteiger partial charge on any atom is -0.215 e. The van der Waals surface area contributed by atoms with Crippen molar-refractivity contribution in [2.24, 2.45) is 0 Å². The zero-order valence-electron chi connectivity index (χ0n) is 5.94. The lowest BCUT2D eigenvalue weighted by atomic mass is 10.2. The van der Waals surface area contributed by atoms with Crippen molar-refractivity contribution in [1.82, 2.24) is 0 Å². The van der Waals surface area contributed by atoms with Crippen molar-refractivity contribution in [2.45, 2.75) is 6.92 Å². The van der Waals surface area contributed by atoms with Crippen LogP contribution in [0.5, 0.6) is 0 Å². The molecular formula is C7H8ClFNO+. The summed E-state index contributed by atoms with van der Waals surface area (Å²) in [6.07, 6.45) is 0. The van der Waals surface area contributed by atoms with Gasteiger partial charge in [0.15, 0.2) is 5.69 Å². The van der Waals surface area contributed by atoms with E-state index in [1.54, 1.807) is 6.92 Å². The SMILES string of the molecule is Cc1cc([NH2+]O)cc(Cl)c1F. The van der Waals surface area contributed by atoms with Gasteiger partial charge in [0.05, 0.1) is 5.02 Å². The monoisotopic (exact) mass is 176 g/mol. The molecule has 0 aliphatic rings. The molecule has 0 bridgehead atoms. The molecule has 0 aliphatic carbocycles. The van der Waals surface area contributed by atoms with E-state index in [0.29, 0.717) is 11.3 Å². The molecule has 0 radical (unpaired) electrons. The zero-order chi connectivity index (χ0) is 8.43. The summed E-state index contributed by atoms with van der Waals surface area (Å²) < 4.78 is 12.8. The summed E-state index contributed by atoms with van der Waals surface area (Å²) >= 11 is 5.49. The Hall–Kier alpha value is -0.640. The topological polar surface area (TPSA) is 36.8 Å². The summed E-state index contributed by atoms with van der Waals surface area (Å²) in [6.45, 7) is 1.59. The summed E-state index contributed by atoms with van der Waals surface area (Å²) in [4.78, 5) is 0. The molecule has 0 atom stereocenters. The van der Waals surface area contributed by atoms with E-state index in [2.05, 4.69) is 0 Å². The van der Waals surface area contributed by atoms with Crippen molar-refractivity contribution in [3.8, 4) is 0 Å². The van der Waals surface area contributed by atoms with Crippen molar-refractivity contribution >= 4 is 17.3 Å². The van der Waals surface area contributed by atoms with E-state index in [4.69, 9.17) is 16.8 Å². The van der Waals surface area contributed by atoms with Gasteiger partial charge in [-0.25, -0.2) is 9.60 Å². The van der Waals surface area contributed by atoms with E-state index in [1.807, 2.05) is 0 Å². The molecule has 11 heavy (non-hydrogen) atoms. The number of rotatable bonds is 1. The average Bonchev–Trinajstić information content (AvgIpc) is 1.99. The number of aryl methyl sites for hydroxylation is 1. The highest BCUT2D eigenvalue weighted by Crippen LogP contribution is 2.20. The van der Waals surface area contributed by atoms with Gasteiger partial charge in [-0.15, -0.1) is 0 Å². The molecule has 0 saturated heterocycles. The van der Waals surface area contributed by atoms with Crippen LogP contribution in [-0.2, 0) is 0 Å². The molecule has 60 valence electrons. The first-order chi connectivity index (χ1) is 5.15. The fourth-order valence-corrected chi connectivity index (χ4v) is 1.10. The van der Waals surface area contributed by atoms with Gasteiger partial charge < -0.3 is 0 Å². The molecule has 1 rings (SSSR count). The standard InChI is InChI=1S/C7H7ClFNO/c1-4-2-5(10-11)3-6(8)7(4)9/h2-3,10-11H,1H3/p+1. The lowest BCUT2D eigenvalue weighted by Crippen LogP contribution is -2.73. The molecule has 1 aromatic carbocycles. The molecule has 2 nitrogen and oxygen atoms in total. The first-order valence-electron chi connectivity index (χ1n) is 3.08. The third kappa shape index (κ3) is 1.68. The van der Waals surface area contributed by atoms with E-state index >= 15 is 0 Å². The van der Waals surface area contributed by atoms with Crippen molar-refractivity contribution in [3.63, 3.8) is 0 Å². The van der Waals surface area contributed by atoms with Gasteiger partial charge in [-0.05, 0) is 12.5 Å². The molecule has 0 heterocycles. The van der Waals surface area contributed by atoms with Gasteiger partial charge in [0, 0.05) is 12.1 Å². The van der Waals surface area contributed by atoms with Gasteiger partial charge in [-0.2, -0.15) is 5.48 Å². The molecule has 0 amide bonds. The minimum absolute atomic E-state index is 0.0327. The zero-order valence-corrected chi connectivity index (χ0v) is 6.69. The Kier molecular flexibility index (Phi) is 2.44. The lowest BCUT2D eigenvalue weighted by Gasteiger charge is -1.99. The third-order valence-electron chi connectivity index (χ3n) is 1.38. The first kappa shape index (κ1) is 8.46. The molecule has 0 fully saturated rings. The van der Waals surface area contributed by atoms with Crippen LogP contribution in [0, 0.1) is 12.7 Å². The van der Waals surface area contributed by atoms with Gasteiger partial charge in [0.1, 0.15) is 5.82 Å². The summed E-state index contributed by atoms with van der Waals surface area (Å²) in [5, 5.41) is 8.60. The summed E-state index contributed by atoms with van der Waals surface area (Å²) in [5.41, 5.74) is 1.82. The number of quaternary nitrogens is 1. The lowest BCUT2D eigenvalue weighted by molar-refractivity contribution is -0.825.